The molecule has 0 aromatic heterocycles. The second-order valence-corrected chi connectivity index (χ2v) is 7.77. The summed E-state index contributed by atoms with van der Waals surface area (Å²) in [7, 11) is 0. The maximum absolute atomic E-state index is 12.0. The maximum atomic E-state index is 12.0. The first-order valence-corrected chi connectivity index (χ1v) is 8.83. The molecule has 0 aliphatic carbocycles. The highest BCUT2D eigenvalue weighted by atomic mass is 16.6. The zero-order valence-corrected chi connectivity index (χ0v) is 14.5. The fourth-order valence-corrected chi connectivity index (χ4v) is 3.26. The van der Waals surface area contributed by atoms with E-state index < -0.39 is 5.60 Å². The number of ether oxygens (including phenoxy) is 1. The molecular formula is C17H33N3O2. The van der Waals surface area contributed by atoms with Crippen LogP contribution in [0.2, 0.25) is 0 Å². The normalized spacial score (nSPS) is 23.8. The van der Waals surface area contributed by atoms with Gasteiger partial charge in [0.2, 0.25) is 0 Å². The monoisotopic (exact) mass is 311 g/mol. The first-order valence-electron chi connectivity index (χ1n) is 8.83. The molecule has 22 heavy (non-hydrogen) atoms. The van der Waals surface area contributed by atoms with Gasteiger partial charge in [0.1, 0.15) is 5.60 Å². The number of nitrogens with zero attached hydrogens (tertiary/aromatic N) is 1. The lowest BCUT2D eigenvalue weighted by atomic mass is 9.98. The molecule has 128 valence electrons. The number of hydrogen-bond donors (Lipinski definition) is 2. The van der Waals surface area contributed by atoms with E-state index in [1.165, 1.54) is 25.9 Å². The summed E-state index contributed by atoms with van der Waals surface area (Å²) in [4.78, 5) is 13.9. The van der Waals surface area contributed by atoms with Gasteiger partial charge in [-0.1, -0.05) is 0 Å². The van der Waals surface area contributed by atoms with Crippen LogP contribution in [0.5, 0.6) is 0 Å². The molecule has 2 aliphatic rings. The molecule has 2 N–H and O–H groups in total. The molecule has 0 spiro atoms. The molecule has 1 atom stereocenters. The molecule has 5 nitrogen and oxygen atoms in total. The summed E-state index contributed by atoms with van der Waals surface area (Å²) in [6, 6.07) is 0. The van der Waals surface area contributed by atoms with E-state index in [1.807, 2.05) is 25.7 Å². The van der Waals surface area contributed by atoms with E-state index in [1.54, 1.807) is 0 Å². The van der Waals surface area contributed by atoms with Crippen molar-refractivity contribution in [2.45, 2.75) is 52.1 Å². The highest BCUT2D eigenvalue weighted by Crippen LogP contribution is 2.21. The SMILES string of the molecule is CC(C)(C)OC(=O)N1CCC(CCNCC2CCNCC2)C1. The number of carbonyl (C=O) groups is 1. The van der Waals surface area contributed by atoms with Gasteiger partial charge in [0.25, 0.3) is 0 Å². The second-order valence-electron chi connectivity index (χ2n) is 7.77. The topological polar surface area (TPSA) is 53.6 Å². The fourth-order valence-electron chi connectivity index (χ4n) is 3.26. The second kappa shape index (κ2) is 8.16. The summed E-state index contributed by atoms with van der Waals surface area (Å²) in [5, 5.41) is 7.01. The van der Waals surface area contributed by atoms with E-state index in [9.17, 15) is 4.79 Å². The lowest BCUT2D eigenvalue weighted by Crippen LogP contribution is -2.36. The molecular weight excluding hydrogens is 278 g/mol. The largest absolute Gasteiger partial charge is 0.444 e. The van der Waals surface area contributed by atoms with Crippen LogP contribution in [0.1, 0.15) is 46.5 Å². The predicted octanol–water partition coefficient (Wildman–Crippen LogP) is 2.22. The Bertz CT molecular complexity index is 348. The summed E-state index contributed by atoms with van der Waals surface area (Å²) in [5.41, 5.74) is -0.397. The van der Waals surface area contributed by atoms with Crippen molar-refractivity contribution in [3.63, 3.8) is 0 Å². The standard InChI is InChI=1S/C17H33N3O2/c1-17(2,3)22-16(21)20-11-7-15(13-20)6-10-19-12-14-4-8-18-9-5-14/h14-15,18-19H,4-13H2,1-3H3. The number of carbonyl (C=O) groups excluding carboxylic acids is 1. The highest BCUT2D eigenvalue weighted by Gasteiger charge is 2.29. The van der Waals surface area contributed by atoms with E-state index in [-0.39, 0.29) is 6.09 Å². The first kappa shape index (κ1) is 17.5. The molecule has 2 saturated heterocycles. The summed E-state index contributed by atoms with van der Waals surface area (Å²) >= 11 is 0. The Morgan fingerprint density at radius 2 is 1.95 bits per heavy atom. The number of piperidine rings is 1. The Morgan fingerprint density at radius 3 is 2.64 bits per heavy atom. The van der Waals surface area contributed by atoms with E-state index in [2.05, 4.69) is 10.6 Å². The van der Waals surface area contributed by atoms with Crippen LogP contribution in [0, 0.1) is 11.8 Å². The molecule has 0 bridgehead atoms. The maximum Gasteiger partial charge on any atom is 0.410 e. The third kappa shape index (κ3) is 6.13. The average Bonchev–Trinajstić information content (AvgIpc) is 2.92. The van der Waals surface area contributed by atoms with Crippen LogP contribution >= 0.6 is 0 Å². The van der Waals surface area contributed by atoms with E-state index in [4.69, 9.17) is 4.74 Å². The number of likely N-dealkylation sites (tertiary alicyclic amines) is 1. The van der Waals surface area contributed by atoms with Crippen LogP contribution in [0.3, 0.4) is 0 Å². The Kier molecular flexibility index (Phi) is 6.50. The van der Waals surface area contributed by atoms with Crippen molar-refractivity contribution in [3.05, 3.63) is 0 Å². The smallest absolute Gasteiger partial charge is 0.410 e. The third-order valence-electron chi connectivity index (χ3n) is 4.56. The molecule has 5 heteroatoms. The van der Waals surface area contributed by atoms with Crippen LogP contribution in [0.4, 0.5) is 4.79 Å². The Balaban J connectivity index is 1.57. The third-order valence-corrected chi connectivity index (χ3v) is 4.56. The average molecular weight is 311 g/mol. The zero-order valence-electron chi connectivity index (χ0n) is 14.5. The molecule has 2 rings (SSSR count). The molecule has 2 heterocycles. The van der Waals surface area contributed by atoms with Crippen molar-refractivity contribution in [3.8, 4) is 0 Å². The molecule has 1 unspecified atom stereocenters. The van der Waals surface area contributed by atoms with Gasteiger partial charge in [-0.2, -0.15) is 0 Å². The summed E-state index contributed by atoms with van der Waals surface area (Å²) in [6.07, 6.45) is 4.70. The van der Waals surface area contributed by atoms with Crippen molar-refractivity contribution < 1.29 is 9.53 Å². The summed E-state index contributed by atoms with van der Waals surface area (Å²) in [5.74, 6) is 1.45. The number of nitrogens with one attached hydrogen (secondary N) is 2. The summed E-state index contributed by atoms with van der Waals surface area (Å²) < 4.78 is 5.44. The van der Waals surface area contributed by atoms with Crippen LogP contribution in [-0.2, 0) is 4.74 Å². The Hall–Kier alpha value is -0.810. The highest BCUT2D eigenvalue weighted by molar-refractivity contribution is 5.68. The van der Waals surface area contributed by atoms with Crippen molar-refractivity contribution >= 4 is 6.09 Å². The molecule has 1 amide bonds. The molecule has 0 aromatic carbocycles. The van der Waals surface area contributed by atoms with E-state index >= 15 is 0 Å². The van der Waals surface area contributed by atoms with Crippen molar-refractivity contribution in [2.75, 3.05) is 39.3 Å². The van der Waals surface area contributed by atoms with Gasteiger partial charge in [0.15, 0.2) is 0 Å². The lowest BCUT2D eigenvalue weighted by Gasteiger charge is -2.24. The fraction of sp³-hybridized carbons (Fsp3) is 0.941. The molecule has 0 saturated carbocycles. The van der Waals surface area contributed by atoms with Crippen molar-refractivity contribution in [1.82, 2.24) is 15.5 Å². The number of hydrogen-bond acceptors (Lipinski definition) is 4. The first-order chi connectivity index (χ1) is 10.4. The number of amides is 1. The van der Waals surface area contributed by atoms with E-state index in [0.717, 1.165) is 44.9 Å². The zero-order chi connectivity index (χ0) is 16.0. The van der Waals surface area contributed by atoms with Gasteiger partial charge >= 0.3 is 6.09 Å². The Labute approximate surface area is 135 Å². The van der Waals surface area contributed by atoms with Gasteiger partial charge in [0, 0.05) is 13.1 Å². The molecule has 0 aromatic rings. The minimum absolute atomic E-state index is 0.155. The van der Waals surface area contributed by atoms with Crippen LogP contribution < -0.4 is 10.6 Å². The van der Waals surface area contributed by atoms with Crippen molar-refractivity contribution in [1.29, 1.82) is 0 Å². The van der Waals surface area contributed by atoms with Gasteiger partial charge in [-0.05, 0) is 84.5 Å². The van der Waals surface area contributed by atoms with Crippen LogP contribution in [0.15, 0.2) is 0 Å². The van der Waals surface area contributed by atoms with Gasteiger partial charge in [-0.3, -0.25) is 0 Å². The Morgan fingerprint density at radius 1 is 1.23 bits per heavy atom. The minimum atomic E-state index is -0.397. The molecule has 0 radical (unpaired) electrons. The van der Waals surface area contributed by atoms with Gasteiger partial charge < -0.3 is 20.3 Å². The molecule has 2 aliphatic heterocycles. The van der Waals surface area contributed by atoms with E-state index in [0.29, 0.717) is 5.92 Å². The van der Waals surface area contributed by atoms with Crippen molar-refractivity contribution in [2.24, 2.45) is 11.8 Å². The predicted molar refractivity (Wildman–Crippen MR) is 89.0 cm³/mol. The van der Waals surface area contributed by atoms with Gasteiger partial charge in [-0.15, -0.1) is 0 Å². The van der Waals surface area contributed by atoms with Crippen LogP contribution in [0.25, 0.3) is 0 Å². The van der Waals surface area contributed by atoms with Gasteiger partial charge in [-0.25, -0.2) is 4.79 Å². The van der Waals surface area contributed by atoms with Crippen LogP contribution in [-0.4, -0.2) is 55.9 Å². The number of rotatable bonds is 5. The lowest BCUT2D eigenvalue weighted by molar-refractivity contribution is 0.0287. The summed E-state index contributed by atoms with van der Waals surface area (Å²) in [6.45, 7) is 12.0. The van der Waals surface area contributed by atoms with Gasteiger partial charge in [0.05, 0.1) is 0 Å². The minimum Gasteiger partial charge on any atom is -0.444 e. The molecule has 2 fully saturated rings. The quantitative estimate of drug-likeness (QED) is 0.765.